The molecule has 0 saturated carbocycles. The van der Waals surface area contributed by atoms with Crippen LogP contribution in [-0.4, -0.2) is 16.9 Å². The third-order valence-corrected chi connectivity index (χ3v) is 2.22. The molecule has 0 aliphatic carbocycles. The third kappa shape index (κ3) is 2.18. The van der Waals surface area contributed by atoms with Crippen LogP contribution in [0.25, 0.3) is 0 Å². The molecule has 0 atom stereocenters. The molecule has 2 rings (SSSR count). The van der Waals surface area contributed by atoms with Crippen molar-refractivity contribution in [3.05, 3.63) is 29.8 Å². The maximum Gasteiger partial charge on any atom is 0.314 e. The number of aromatic nitrogens is 1. The van der Waals surface area contributed by atoms with E-state index in [1.54, 1.807) is 0 Å². The molecule has 1 aliphatic heterocycles. The number of esters is 2. The van der Waals surface area contributed by atoms with Crippen molar-refractivity contribution in [3.8, 4) is 0 Å². The average molecular weight is 209 g/mol. The van der Waals surface area contributed by atoms with Crippen molar-refractivity contribution in [3.63, 3.8) is 0 Å². The molecule has 0 N–H and O–H groups in total. The number of rotatable bonds is 1. The predicted octanol–water partition coefficient (Wildman–Crippen LogP) is 1.17. The van der Waals surface area contributed by atoms with Gasteiger partial charge in [-0.25, -0.2) is 4.39 Å². The standard InChI is InChI=1S/C10H8FNO3/c11-7-1-2-12-8(5-7)6-3-9(13)15-10(14)4-6/h1-2,5-6H,3-4H2. The Morgan fingerprint density at radius 1 is 1.33 bits per heavy atom. The number of halogens is 1. The summed E-state index contributed by atoms with van der Waals surface area (Å²) in [5.74, 6) is -1.95. The van der Waals surface area contributed by atoms with Crippen molar-refractivity contribution in [2.75, 3.05) is 0 Å². The van der Waals surface area contributed by atoms with E-state index in [4.69, 9.17) is 0 Å². The molecule has 0 unspecified atom stereocenters. The Morgan fingerprint density at radius 2 is 2.00 bits per heavy atom. The van der Waals surface area contributed by atoms with Crippen molar-refractivity contribution in [2.45, 2.75) is 18.8 Å². The first kappa shape index (κ1) is 9.76. The summed E-state index contributed by atoms with van der Waals surface area (Å²) < 4.78 is 17.2. The van der Waals surface area contributed by atoms with Gasteiger partial charge in [-0.3, -0.25) is 14.6 Å². The monoisotopic (exact) mass is 209 g/mol. The molecule has 1 aromatic heterocycles. The predicted molar refractivity (Wildman–Crippen MR) is 47.3 cm³/mol. The first-order valence-corrected chi connectivity index (χ1v) is 4.50. The largest absolute Gasteiger partial charge is 0.393 e. The Morgan fingerprint density at radius 3 is 2.60 bits per heavy atom. The van der Waals surface area contributed by atoms with E-state index in [1.807, 2.05) is 0 Å². The molecule has 1 aromatic rings. The number of carbonyl (C=O) groups excluding carboxylic acids is 2. The normalized spacial score (nSPS) is 17.7. The molecule has 2 heterocycles. The fourth-order valence-electron chi connectivity index (χ4n) is 1.54. The van der Waals surface area contributed by atoms with E-state index in [2.05, 4.69) is 9.72 Å². The van der Waals surface area contributed by atoms with E-state index in [0.717, 1.165) is 0 Å². The molecular formula is C10H8FNO3. The van der Waals surface area contributed by atoms with Gasteiger partial charge in [0.05, 0.1) is 12.8 Å². The van der Waals surface area contributed by atoms with Crippen LogP contribution >= 0.6 is 0 Å². The second kappa shape index (κ2) is 3.76. The number of pyridine rings is 1. The van der Waals surface area contributed by atoms with Gasteiger partial charge >= 0.3 is 11.9 Å². The lowest BCUT2D eigenvalue weighted by Crippen LogP contribution is -2.24. The molecule has 1 fully saturated rings. The Bertz CT molecular complexity index is 403. The van der Waals surface area contributed by atoms with Gasteiger partial charge in [-0.15, -0.1) is 0 Å². The minimum Gasteiger partial charge on any atom is -0.393 e. The van der Waals surface area contributed by atoms with Gasteiger partial charge in [0, 0.05) is 17.8 Å². The first-order chi connectivity index (χ1) is 7.15. The molecule has 15 heavy (non-hydrogen) atoms. The topological polar surface area (TPSA) is 56.3 Å². The van der Waals surface area contributed by atoms with Gasteiger partial charge < -0.3 is 4.74 Å². The van der Waals surface area contributed by atoms with Crippen LogP contribution in [0, 0.1) is 5.82 Å². The molecule has 0 spiro atoms. The van der Waals surface area contributed by atoms with E-state index in [-0.39, 0.29) is 18.8 Å². The van der Waals surface area contributed by atoms with E-state index in [1.165, 1.54) is 18.3 Å². The fraction of sp³-hybridized carbons (Fsp3) is 0.300. The smallest absolute Gasteiger partial charge is 0.314 e. The van der Waals surface area contributed by atoms with Gasteiger partial charge in [0.15, 0.2) is 0 Å². The lowest BCUT2D eigenvalue weighted by Gasteiger charge is -2.18. The highest BCUT2D eigenvalue weighted by Gasteiger charge is 2.29. The Hall–Kier alpha value is -1.78. The molecule has 5 heteroatoms. The molecule has 1 saturated heterocycles. The second-order valence-electron chi connectivity index (χ2n) is 3.35. The molecule has 0 radical (unpaired) electrons. The maximum atomic E-state index is 12.9. The van der Waals surface area contributed by atoms with E-state index in [9.17, 15) is 14.0 Å². The SMILES string of the molecule is O=C1CC(c2cc(F)ccn2)CC(=O)O1. The quantitative estimate of drug-likeness (QED) is 0.514. The molecule has 4 nitrogen and oxygen atoms in total. The van der Waals surface area contributed by atoms with Crippen LogP contribution < -0.4 is 0 Å². The maximum absolute atomic E-state index is 12.9. The van der Waals surface area contributed by atoms with Crippen molar-refractivity contribution in [1.82, 2.24) is 4.98 Å². The van der Waals surface area contributed by atoms with Crippen molar-refractivity contribution < 1.29 is 18.7 Å². The van der Waals surface area contributed by atoms with Crippen LogP contribution in [0.15, 0.2) is 18.3 Å². The Kier molecular flexibility index (Phi) is 2.45. The zero-order valence-corrected chi connectivity index (χ0v) is 7.77. The van der Waals surface area contributed by atoms with Crippen LogP contribution in [0.5, 0.6) is 0 Å². The number of carbonyl (C=O) groups is 2. The number of hydrogen-bond acceptors (Lipinski definition) is 4. The summed E-state index contributed by atoms with van der Waals surface area (Å²) >= 11 is 0. The van der Waals surface area contributed by atoms with Gasteiger partial charge in [-0.2, -0.15) is 0 Å². The van der Waals surface area contributed by atoms with Gasteiger partial charge in [0.2, 0.25) is 0 Å². The lowest BCUT2D eigenvalue weighted by molar-refractivity contribution is -0.164. The number of ether oxygens (including phenoxy) is 1. The molecular weight excluding hydrogens is 201 g/mol. The van der Waals surface area contributed by atoms with Crippen LogP contribution in [0.2, 0.25) is 0 Å². The number of nitrogens with zero attached hydrogens (tertiary/aromatic N) is 1. The molecule has 0 amide bonds. The van der Waals surface area contributed by atoms with Gasteiger partial charge in [-0.1, -0.05) is 0 Å². The van der Waals surface area contributed by atoms with Gasteiger partial charge in [0.25, 0.3) is 0 Å². The minimum atomic E-state index is -0.581. The number of hydrogen-bond donors (Lipinski definition) is 0. The zero-order valence-electron chi connectivity index (χ0n) is 7.77. The summed E-state index contributed by atoms with van der Waals surface area (Å²) in [5, 5.41) is 0. The first-order valence-electron chi connectivity index (χ1n) is 4.50. The van der Waals surface area contributed by atoms with Gasteiger partial charge in [0.1, 0.15) is 5.82 Å². The third-order valence-electron chi connectivity index (χ3n) is 2.22. The summed E-state index contributed by atoms with van der Waals surface area (Å²) in [6.45, 7) is 0. The van der Waals surface area contributed by atoms with Crippen molar-refractivity contribution in [1.29, 1.82) is 0 Å². The van der Waals surface area contributed by atoms with Crippen LogP contribution in [0.1, 0.15) is 24.5 Å². The Labute approximate surface area is 85.1 Å². The molecule has 1 aliphatic rings. The van der Waals surface area contributed by atoms with Crippen LogP contribution in [0.4, 0.5) is 4.39 Å². The lowest BCUT2D eigenvalue weighted by atomic mass is 9.95. The Balaban J connectivity index is 2.23. The van der Waals surface area contributed by atoms with E-state index >= 15 is 0 Å². The summed E-state index contributed by atoms with van der Waals surface area (Å²) in [6, 6.07) is 2.45. The minimum absolute atomic E-state index is 0.0716. The highest BCUT2D eigenvalue weighted by atomic mass is 19.1. The summed E-state index contributed by atoms with van der Waals surface area (Å²) in [4.78, 5) is 25.9. The number of cyclic esters (lactones) is 2. The van der Waals surface area contributed by atoms with Crippen LogP contribution in [-0.2, 0) is 14.3 Å². The highest BCUT2D eigenvalue weighted by molar-refractivity contribution is 5.89. The molecule has 0 aromatic carbocycles. The summed E-state index contributed by atoms with van der Waals surface area (Å²) in [7, 11) is 0. The summed E-state index contributed by atoms with van der Waals surface area (Å²) in [5.41, 5.74) is 0.417. The van der Waals surface area contributed by atoms with E-state index < -0.39 is 17.8 Å². The second-order valence-corrected chi connectivity index (χ2v) is 3.35. The van der Waals surface area contributed by atoms with E-state index in [0.29, 0.717) is 5.69 Å². The molecule has 78 valence electrons. The van der Waals surface area contributed by atoms with Crippen molar-refractivity contribution in [2.24, 2.45) is 0 Å². The summed E-state index contributed by atoms with van der Waals surface area (Å²) in [6.07, 6.45) is 1.46. The van der Waals surface area contributed by atoms with Gasteiger partial charge in [-0.05, 0) is 12.1 Å². The zero-order chi connectivity index (χ0) is 10.8. The fourth-order valence-corrected chi connectivity index (χ4v) is 1.54. The van der Waals surface area contributed by atoms with Crippen molar-refractivity contribution >= 4 is 11.9 Å². The average Bonchev–Trinajstić information content (AvgIpc) is 2.16. The van der Waals surface area contributed by atoms with Crippen LogP contribution in [0.3, 0.4) is 0 Å². The molecule has 0 bridgehead atoms. The highest BCUT2D eigenvalue weighted by Crippen LogP contribution is 2.26.